The van der Waals surface area contributed by atoms with E-state index < -0.39 is 8.32 Å². The minimum atomic E-state index is -2.30. The summed E-state index contributed by atoms with van der Waals surface area (Å²) in [6.07, 6.45) is 54.7. The molecule has 0 spiro atoms. The van der Waals surface area contributed by atoms with Crippen molar-refractivity contribution in [3.05, 3.63) is 0 Å². The van der Waals surface area contributed by atoms with Gasteiger partial charge in [-0.15, -0.1) is 0 Å². The van der Waals surface area contributed by atoms with Crippen LogP contribution in [0.3, 0.4) is 0 Å². The highest BCUT2D eigenvalue weighted by Gasteiger charge is 2.31. The summed E-state index contributed by atoms with van der Waals surface area (Å²) in [5.74, 6) is 0. The Morgan fingerprint density at radius 2 is 0.340 bits per heavy atom. The molecule has 0 rings (SSSR count). The number of unbranched alkanes of at least 4 members (excludes halogenated alkanes) is 36. The van der Waals surface area contributed by atoms with Crippen molar-refractivity contribution >= 4 is 8.32 Å². The Morgan fingerprint density at radius 3 is 0.489 bits per heavy atom. The molecule has 1 radical (unpaired) electrons. The van der Waals surface area contributed by atoms with E-state index in [4.69, 9.17) is 0 Å². The third-order valence-electron chi connectivity index (χ3n) is 11.2. The van der Waals surface area contributed by atoms with Crippen LogP contribution in [0.1, 0.15) is 271 Å². The van der Waals surface area contributed by atoms with Gasteiger partial charge in [0.1, 0.15) is 0 Å². The number of hydrogen-bond acceptors (Lipinski definition) is 0. The van der Waals surface area contributed by atoms with Crippen molar-refractivity contribution in [3.63, 3.8) is 0 Å². The van der Waals surface area contributed by atoms with Gasteiger partial charge in [0.2, 0.25) is 8.32 Å². The molecular formula is C45H93OSi. The molecule has 0 aromatic heterocycles. The Balaban J connectivity index is 4.07. The first-order valence-corrected chi connectivity index (χ1v) is 25.4. The van der Waals surface area contributed by atoms with E-state index in [1.165, 1.54) is 250 Å². The van der Waals surface area contributed by atoms with Gasteiger partial charge in [-0.2, -0.15) is 0 Å². The highest BCUT2D eigenvalue weighted by atomic mass is 28.4. The molecule has 0 aliphatic rings. The van der Waals surface area contributed by atoms with Crippen molar-refractivity contribution < 1.29 is 4.80 Å². The topological polar surface area (TPSA) is 19.9 Å². The second-order valence-electron chi connectivity index (χ2n) is 16.2. The average molecular weight is 678 g/mol. The van der Waals surface area contributed by atoms with E-state index in [-0.39, 0.29) is 0 Å². The summed E-state index contributed by atoms with van der Waals surface area (Å²) in [5.41, 5.74) is 0. The van der Waals surface area contributed by atoms with Gasteiger partial charge in [0.05, 0.1) is 0 Å². The van der Waals surface area contributed by atoms with Crippen LogP contribution in [-0.4, -0.2) is 8.32 Å². The van der Waals surface area contributed by atoms with E-state index in [9.17, 15) is 4.80 Å². The second-order valence-corrected chi connectivity index (χ2v) is 20.0. The Kier molecular flexibility index (Phi) is 40.8. The van der Waals surface area contributed by atoms with Gasteiger partial charge in [-0.25, -0.2) is 0 Å². The minimum Gasteiger partial charge on any atom is -0.297 e. The van der Waals surface area contributed by atoms with E-state index in [1.54, 1.807) is 0 Å². The van der Waals surface area contributed by atoms with Crippen molar-refractivity contribution in [2.75, 3.05) is 0 Å². The van der Waals surface area contributed by atoms with Gasteiger partial charge in [0.15, 0.2) is 0 Å². The zero-order valence-corrected chi connectivity index (χ0v) is 34.6. The molecule has 1 nitrogen and oxygen atoms in total. The largest absolute Gasteiger partial charge is 0.297 e. The maximum absolute atomic E-state index is 14.1. The fourth-order valence-corrected chi connectivity index (χ4v) is 11.2. The van der Waals surface area contributed by atoms with E-state index in [1.807, 2.05) is 0 Å². The zero-order valence-electron chi connectivity index (χ0n) is 33.6. The average Bonchev–Trinajstić information content (AvgIpc) is 3.07. The lowest BCUT2D eigenvalue weighted by atomic mass is 10.0. The zero-order chi connectivity index (χ0) is 34.2. The summed E-state index contributed by atoms with van der Waals surface area (Å²) in [6.45, 7) is 6.92. The maximum Gasteiger partial charge on any atom is 0.237 e. The molecule has 0 atom stereocenters. The molecule has 0 aliphatic carbocycles. The van der Waals surface area contributed by atoms with Crippen LogP contribution < -0.4 is 0 Å². The summed E-state index contributed by atoms with van der Waals surface area (Å²) in [7, 11) is -2.30. The van der Waals surface area contributed by atoms with Crippen LogP contribution in [0, 0.1) is 0 Å². The first-order valence-electron chi connectivity index (χ1n) is 22.9. The predicted octanol–water partition coefficient (Wildman–Crippen LogP) is 17.6. The molecule has 0 aromatic carbocycles. The Hall–Kier alpha value is 0.177. The first kappa shape index (κ1) is 47.2. The van der Waals surface area contributed by atoms with E-state index in [0.29, 0.717) is 0 Å². The fourth-order valence-electron chi connectivity index (χ4n) is 7.77. The van der Waals surface area contributed by atoms with Crippen LogP contribution in [0.15, 0.2) is 0 Å². The van der Waals surface area contributed by atoms with Crippen molar-refractivity contribution in [2.45, 2.75) is 289 Å². The lowest BCUT2D eigenvalue weighted by molar-refractivity contribution is 0.397. The van der Waals surface area contributed by atoms with Crippen LogP contribution >= 0.6 is 0 Å². The summed E-state index contributed by atoms with van der Waals surface area (Å²) in [5, 5.41) is 0. The number of hydrogen-bond donors (Lipinski definition) is 0. The highest BCUT2D eigenvalue weighted by molar-refractivity contribution is 6.72. The molecule has 0 aromatic rings. The molecule has 283 valence electrons. The molecule has 0 fully saturated rings. The number of rotatable bonds is 42. The van der Waals surface area contributed by atoms with Crippen LogP contribution in [-0.2, 0) is 4.80 Å². The second kappa shape index (κ2) is 40.6. The highest BCUT2D eigenvalue weighted by Crippen LogP contribution is 2.28. The van der Waals surface area contributed by atoms with E-state index >= 15 is 0 Å². The molecule has 2 heteroatoms. The molecule has 0 amide bonds. The van der Waals surface area contributed by atoms with Gasteiger partial charge in [0, 0.05) is 0 Å². The minimum absolute atomic E-state index is 1.08. The standard InChI is InChI=1S/C45H93OSi/c1-4-7-10-13-16-19-22-25-28-31-34-37-40-43-47(46,44-41-38-35-32-29-26-23-20-17-14-11-8-5-2)45-42-39-36-33-30-27-24-21-18-15-12-9-6-3/h4-45H2,1-3H3. The van der Waals surface area contributed by atoms with Gasteiger partial charge in [-0.05, 0) is 18.1 Å². The maximum atomic E-state index is 14.1. The van der Waals surface area contributed by atoms with Crippen molar-refractivity contribution in [2.24, 2.45) is 0 Å². The summed E-state index contributed by atoms with van der Waals surface area (Å²) >= 11 is 0. The Labute approximate surface area is 301 Å². The van der Waals surface area contributed by atoms with Crippen LogP contribution in [0.5, 0.6) is 0 Å². The molecule has 0 N–H and O–H groups in total. The van der Waals surface area contributed by atoms with Crippen molar-refractivity contribution in [3.8, 4) is 0 Å². The van der Waals surface area contributed by atoms with E-state index in [0.717, 1.165) is 18.1 Å². The Bertz CT molecular complexity index is 474. The van der Waals surface area contributed by atoms with Crippen molar-refractivity contribution in [1.29, 1.82) is 0 Å². The lowest BCUT2D eigenvalue weighted by Crippen LogP contribution is -2.32. The van der Waals surface area contributed by atoms with Gasteiger partial charge in [-0.1, -0.05) is 271 Å². The van der Waals surface area contributed by atoms with Crippen LogP contribution in [0.4, 0.5) is 0 Å². The fraction of sp³-hybridized carbons (Fsp3) is 1.00. The molecule has 0 bridgehead atoms. The monoisotopic (exact) mass is 678 g/mol. The van der Waals surface area contributed by atoms with Crippen molar-refractivity contribution in [1.82, 2.24) is 0 Å². The summed E-state index contributed by atoms with van der Waals surface area (Å²) in [4.78, 5) is 14.1. The smallest absolute Gasteiger partial charge is 0.237 e. The normalized spacial score (nSPS) is 12.0. The summed E-state index contributed by atoms with van der Waals surface area (Å²) < 4.78 is 0. The molecular weight excluding hydrogens is 585 g/mol. The quantitative estimate of drug-likeness (QED) is 0.0453. The van der Waals surface area contributed by atoms with Crippen LogP contribution in [0.25, 0.3) is 0 Å². The van der Waals surface area contributed by atoms with Gasteiger partial charge < -0.3 is 0 Å². The van der Waals surface area contributed by atoms with Gasteiger partial charge in [-0.3, -0.25) is 4.80 Å². The van der Waals surface area contributed by atoms with Gasteiger partial charge in [0.25, 0.3) is 0 Å². The molecule has 0 heterocycles. The Morgan fingerprint density at radius 1 is 0.213 bits per heavy atom. The molecule has 47 heavy (non-hydrogen) atoms. The van der Waals surface area contributed by atoms with E-state index in [2.05, 4.69) is 20.8 Å². The summed E-state index contributed by atoms with van der Waals surface area (Å²) in [6, 6.07) is 3.25. The predicted molar refractivity (Wildman–Crippen MR) is 218 cm³/mol. The molecule has 0 saturated carbocycles. The van der Waals surface area contributed by atoms with Gasteiger partial charge >= 0.3 is 0 Å². The molecule has 0 saturated heterocycles. The third-order valence-corrected chi connectivity index (χ3v) is 15.0. The SMILES string of the molecule is CCCCCCCCCCCCCCC[Si]([O])(CCCCCCCCCCCCCCC)CCCCCCCCCCCCCCC. The third kappa shape index (κ3) is 38.8. The molecule has 0 unspecified atom stereocenters. The molecule has 0 aliphatic heterocycles. The first-order chi connectivity index (χ1) is 23.2. The lowest BCUT2D eigenvalue weighted by Gasteiger charge is -2.23. The van der Waals surface area contributed by atoms with Crippen LogP contribution in [0.2, 0.25) is 18.1 Å².